The fourth-order valence-corrected chi connectivity index (χ4v) is 6.93. The Morgan fingerprint density at radius 2 is 1.73 bits per heavy atom. The number of anilines is 3. The number of fused-ring (bicyclic) bond motifs is 1. The zero-order valence-electron chi connectivity index (χ0n) is 21.9. The summed E-state index contributed by atoms with van der Waals surface area (Å²) in [6.07, 6.45) is 7.08. The molecule has 0 atom stereocenters. The molecule has 4 aromatic rings. The quantitative estimate of drug-likeness (QED) is 0.258. The lowest BCUT2D eigenvalue weighted by molar-refractivity contribution is 0.410. The van der Waals surface area contributed by atoms with Gasteiger partial charge < -0.3 is 21.5 Å². The number of nitrogens with one attached hydrogen (secondary N) is 2. The number of sulfonamides is 1. The molecule has 2 aliphatic rings. The van der Waals surface area contributed by atoms with E-state index in [2.05, 4.69) is 15.6 Å². The van der Waals surface area contributed by atoms with Crippen molar-refractivity contribution in [1.29, 1.82) is 0 Å². The van der Waals surface area contributed by atoms with Crippen molar-refractivity contribution in [1.82, 2.24) is 18.9 Å². The number of halogens is 1. The van der Waals surface area contributed by atoms with Crippen LogP contribution in [0.5, 0.6) is 5.75 Å². The number of benzene rings is 2. The van der Waals surface area contributed by atoms with Gasteiger partial charge in [-0.2, -0.15) is 4.31 Å². The number of rotatable bonds is 7. The summed E-state index contributed by atoms with van der Waals surface area (Å²) in [5, 5.41) is 21.3. The fraction of sp³-hybridized carbons (Fsp3) is 0.357. The van der Waals surface area contributed by atoms with Crippen LogP contribution in [0.15, 0.2) is 59.6 Å². The van der Waals surface area contributed by atoms with E-state index in [4.69, 9.17) is 10.8 Å². The van der Waals surface area contributed by atoms with Gasteiger partial charge in [0, 0.05) is 42.5 Å². The van der Waals surface area contributed by atoms with Gasteiger partial charge in [-0.3, -0.25) is 0 Å². The van der Waals surface area contributed by atoms with Gasteiger partial charge in [-0.25, -0.2) is 22.3 Å². The summed E-state index contributed by atoms with van der Waals surface area (Å²) in [4.78, 5) is 4.82. The Labute approximate surface area is 232 Å². The highest BCUT2D eigenvalue weighted by atomic mass is 32.2. The van der Waals surface area contributed by atoms with E-state index < -0.39 is 21.6 Å². The van der Waals surface area contributed by atoms with Crippen LogP contribution >= 0.6 is 0 Å². The van der Waals surface area contributed by atoms with Crippen molar-refractivity contribution in [3.8, 4) is 17.0 Å². The summed E-state index contributed by atoms with van der Waals surface area (Å²) < 4.78 is 43.2. The summed E-state index contributed by atoms with van der Waals surface area (Å²) in [6.45, 7) is 1.10. The maximum Gasteiger partial charge on any atom is 0.243 e. The van der Waals surface area contributed by atoms with Crippen LogP contribution in [-0.4, -0.2) is 57.6 Å². The number of hydrogen-bond acceptors (Lipinski definition) is 8. The van der Waals surface area contributed by atoms with Crippen molar-refractivity contribution in [3.05, 3.63) is 60.5 Å². The van der Waals surface area contributed by atoms with Crippen molar-refractivity contribution in [2.24, 2.45) is 5.73 Å². The molecule has 0 bridgehead atoms. The van der Waals surface area contributed by atoms with Gasteiger partial charge in [-0.1, -0.05) is 0 Å². The number of aromatic nitrogens is 3. The van der Waals surface area contributed by atoms with Gasteiger partial charge in [-0.05, 0) is 81.0 Å². The molecule has 0 radical (unpaired) electrons. The Bertz CT molecular complexity index is 1630. The Balaban J connectivity index is 1.35. The first-order chi connectivity index (χ1) is 19.3. The molecule has 2 aromatic carbocycles. The van der Waals surface area contributed by atoms with E-state index in [1.54, 1.807) is 41.0 Å². The average Bonchev–Trinajstić information content (AvgIpc) is 3.63. The number of nitrogens with zero attached hydrogens (tertiary/aromatic N) is 4. The summed E-state index contributed by atoms with van der Waals surface area (Å²) in [7, 11) is -3.51. The third kappa shape index (κ3) is 5.21. The lowest BCUT2D eigenvalue weighted by atomic mass is 9.92. The van der Waals surface area contributed by atoms with Crippen molar-refractivity contribution in [2.45, 2.75) is 55.5 Å². The molecule has 5 N–H and O–H groups in total. The Morgan fingerprint density at radius 1 is 1.00 bits per heavy atom. The van der Waals surface area contributed by atoms with Crippen molar-refractivity contribution in [2.75, 3.05) is 23.7 Å². The second-order valence-electron chi connectivity index (χ2n) is 10.5. The number of nitrogens with two attached hydrogens (primary N) is 1. The third-order valence-electron chi connectivity index (χ3n) is 7.67. The van der Waals surface area contributed by atoms with E-state index in [0.29, 0.717) is 47.2 Å². The molecule has 1 saturated carbocycles. The van der Waals surface area contributed by atoms with E-state index in [0.717, 1.165) is 38.5 Å². The van der Waals surface area contributed by atoms with Gasteiger partial charge >= 0.3 is 0 Å². The molecule has 2 fully saturated rings. The van der Waals surface area contributed by atoms with Crippen LogP contribution in [-0.2, 0) is 10.0 Å². The Hall–Kier alpha value is -3.74. The predicted molar refractivity (Wildman–Crippen MR) is 152 cm³/mol. The number of phenolic OH excluding ortho intramolecular Hbond substituents is 1. The van der Waals surface area contributed by atoms with Crippen LogP contribution in [0.3, 0.4) is 0 Å². The first-order valence-corrected chi connectivity index (χ1v) is 15.0. The summed E-state index contributed by atoms with van der Waals surface area (Å²) >= 11 is 0. The van der Waals surface area contributed by atoms with Crippen LogP contribution in [0.4, 0.5) is 21.6 Å². The van der Waals surface area contributed by atoms with E-state index in [9.17, 15) is 17.9 Å². The van der Waals surface area contributed by atoms with E-state index in [-0.39, 0.29) is 17.0 Å². The molecular formula is C28H32FN7O3S. The van der Waals surface area contributed by atoms with Crippen molar-refractivity contribution < 1.29 is 17.9 Å². The molecule has 0 unspecified atom stereocenters. The van der Waals surface area contributed by atoms with E-state index >= 15 is 0 Å². The lowest BCUT2D eigenvalue weighted by Crippen LogP contribution is -2.33. The third-order valence-corrected chi connectivity index (χ3v) is 9.58. The normalized spacial score (nSPS) is 20.1. The highest BCUT2D eigenvalue weighted by molar-refractivity contribution is 7.89. The smallest absolute Gasteiger partial charge is 0.243 e. The summed E-state index contributed by atoms with van der Waals surface area (Å²) in [5.41, 5.74) is 8.99. The molecule has 6 rings (SSSR count). The standard InChI is InChI=1S/C28H32FN7O3S/c29-23-15-18(3-12-26(23)37)25-17-31-28-24(16-27(34-36(25)28)33-21-6-4-19(30)5-7-21)32-20-8-10-22(11-9-20)40(38,39)35-13-1-2-14-35/h3,8-12,15-17,19,21,32,37H,1-2,4-7,13-14,30H2,(H,33,34). The number of imidazole rings is 1. The van der Waals surface area contributed by atoms with Gasteiger partial charge in [0.1, 0.15) is 5.82 Å². The summed E-state index contributed by atoms with van der Waals surface area (Å²) in [5.74, 6) is -0.550. The van der Waals surface area contributed by atoms with Crippen molar-refractivity contribution >= 4 is 32.9 Å². The van der Waals surface area contributed by atoms with E-state index in [1.807, 2.05) is 6.07 Å². The minimum absolute atomic E-state index is 0.214. The highest BCUT2D eigenvalue weighted by Gasteiger charge is 2.27. The molecule has 0 amide bonds. The van der Waals surface area contributed by atoms with Gasteiger partial charge in [0.05, 0.1) is 22.5 Å². The second-order valence-corrected chi connectivity index (χ2v) is 12.4. The molecule has 1 aliphatic carbocycles. The first kappa shape index (κ1) is 26.5. The van der Waals surface area contributed by atoms with Crippen LogP contribution in [0.25, 0.3) is 16.9 Å². The number of hydrogen-bond donors (Lipinski definition) is 4. The molecule has 10 nitrogen and oxygen atoms in total. The van der Waals surface area contributed by atoms with E-state index in [1.165, 1.54) is 16.4 Å². The summed E-state index contributed by atoms with van der Waals surface area (Å²) in [6, 6.07) is 13.1. The molecule has 3 heterocycles. The minimum Gasteiger partial charge on any atom is -0.505 e. The molecule has 0 spiro atoms. The molecule has 2 aromatic heterocycles. The average molecular weight is 566 g/mol. The van der Waals surface area contributed by atoms with Gasteiger partial charge in [0.2, 0.25) is 10.0 Å². The maximum absolute atomic E-state index is 14.2. The first-order valence-electron chi connectivity index (χ1n) is 13.5. The molecular weight excluding hydrogens is 533 g/mol. The van der Waals surface area contributed by atoms with Gasteiger partial charge in [-0.15, -0.1) is 5.10 Å². The highest BCUT2D eigenvalue weighted by Crippen LogP contribution is 2.31. The second kappa shape index (κ2) is 10.7. The Morgan fingerprint density at radius 3 is 2.42 bits per heavy atom. The van der Waals surface area contributed by atoms with Gasteiger partial charge in [0.15, 0.2) is 17.2 Å². The molecule has 12 heteroatoms. The van der Waals surface area contributed by atoms with Crippen molar-refractivity contribution in [3.63, 3.8) is 0 Å². The lowest BCUT2D eigenvalue weighted by Gasteiger charge is -2.27. The van der Waals surface area contributed by atoms with Crippen LogP contribution in [0.2, 0.25) is 0 Å². The molecule has 40 heavy (non-hydrogen) atoms. The largest absolute Gasteiger partial charge is 0.505 e. The maximum atomic E-state index is 14.2. The Kier molecular flexibility index (Phi) is 7.07. The monoisotopic (exact) mass is 565 g/mol. The molecule has 210 valence electrons. The molecule has 1 saturated heterocycles. The topological polar surface area (TPSA) is 138 Å². The van der Waals surface area contributed by atoms with Crippen LogP contribution in [0.1, 0.15) is 38.5 Å². The zero-order valence-corrected chi connectivity index (χ0v) is 22.7. The van der Waals surface area contributed by atoms with Crippen LogP contribution < -0.4 is 16.4 Å². The van der Waals surface area contributed by atoms with Crippen LogP contribution in [0, 0.1) is 5.82 Å². The zero-order chi connectivity index (χ0) is 27.9. The van der Waals surface area contributed by atoms with Gasteiger partial charge in [0.25, 0.3) is 0 Å². The number of aromatic hydroxyl groups is 1. The predicted octanol–water partition coefficient (Wildman–Crippen LogP) is 4.45. The SMILES string of the molecule is NC1CCC(Nc2cc(Nc3ccc(S(=O)(=O)N4CCCC4)cc3)c3ncc(-c4ccc(O)c(F)c4)n3n2)CC1. The fourth-order valence-electron chi connectivity index (χ4n) is 5.41. The minimum atomic E-state index is -3.51. The molecule has 1 aliphatic heterocycles. The number of phenols is 1.